The maximum Gasteiger partial charge on any atom is 0.406 e. The van der Waals surface area contributed by atoms with E-state index in [4.69, 9.17) is 10.2 Å². The molecule has 0 aromatic rings. The van der Waals surface area contributed by atoms with Crippen LogP contribution < -0.4 is 0 Å². The van der Waals surface area contributed by atoms with Crippen molar-refractivity contribution in [2.45, 2.75) is 13.8 Å². The van der Waals surface area contributed by atoms with Crippen LogP contribution in [0.15, 0.2) is 0 Å². The molecule has 70 valence electrons. The van der Waals surface area contributed by atoms with Gasteiger partial charge in [0.15, 0.2) is 5.92 Å². The topological polar surface area (TPSA) is 60.8 Å². The summed E-state index contributed by atoms with van der Waals surface area (Å²) in [6.45, 7) is 3.85. The minimum Gasteiger partial charge on any atom is -0.395 e. The van der Waals surface area contributed by atoms with Crippen molar-refractivity contribution in [3.05, 3.63) is 5.92 Å². The molecular weight excluding hydrogens is 158 g/mol. The lowest BCUT2D eigenvalue weighted by atomic mass is 10.2. The third kappa shape index (κ3) is 3.59. The summed E-state index contributed by atoms with van der Waals surface area (Å²) in [5.41, 5.74) is 0. The smallest absolute Gasteiger partial charge is 0.395 e. The molecule has 0 aliphatic rings. The van der Waals surface area contributed by atoms with E-state index in [2.05, 4.69) is 0 Å². The molecule has 0 bridgehead atoms. The minimum absolute atomic E-state index is 0.0704. The average Bonchev–Trinajstić information content (AvgIpc) is 2.03. The van der Waals surface area contributed by atoms with Gasteiger partial charge in [-0.3, -0.25) is 4.90 Å². The van der Waals surface area contributed by atoms with Crippen LogP contribution in [0, 0.1) is 5.92 Å². The van der Waals surface area contributed by atoms with Crippen molar-refractivity contribution in [3.8, 4) is 0 Å². The van der Waals surface area contributed by atoms with Gasteiger partial charge in [0.05, 0.1) is 27.1 Å². The fourth-order valence-corrected chi connectivity index (χ4v) is 0.873. The van der Waals surface area contributed by atoms with Crippen LogP contribution in [0.3, 0.4) is 0 Å². The van der Waals surface area contributed by atoms with Crippen molar-refractivity contribution in [2.24, 2.45) is 0 Å². The van der Waals surface area contributed by atoms with E-state index < -0.39 is 0 Å². The minimum atomic E-state index is -0.113. The Labute approximate surface area is 72.8 Å². The highest BCUT2D eigenvalue weighted by Gasteiger charge is 2.25. The molecule has 2 N–H and O–H groups in total. The second-order valence-electron chi connectivity index (χ2n) is 2.74. The van der Waals surface area contributed by atoms with Crippen LogP contribution in [0.25, 0.3) is 0 Å². The number of carbonyl (C=O) groups excluding carboxylic acids is 1. The lowest BCUT2D eigenvalue weighted by Gasteiger charge is -2.16. The molecule has 12 heavy (non-hydrogen) atoms. The molecule has 4 heteroatoms. The molecule has 0 aliphatic heterocycles. The Hall–Kier alpha value is -0.740. The molecule has 0 atom stereocenters. The third-order valence-corrected chi connectivity index (χ3v) is 1.45. The van der Waals surface area contributed by atoms with Crippen LogP contribution in [0.1, 0.15) is 13.8 Å². The number of aliphatic hydroxyl groups is 2. The predicted molar refractivity (Wildman–Crippen MR) is 45.3 cm³/mol. The Morgan fingerprint density at radius 1 is 1.25 bits per heavy atom. The summed E-state index contributed by atoms with van der Waals surface area (Å²) >= 11 is 0. The quantitative estimate of drug-likeness (QED) is 0.548. The van der Waals surface area contributed by atoms with Gasteiger partial charge in [0.1, 0.15) is 0 Å². The Morgan fingerprint density at radius 2 is 1.67 bits per heavy atom. The van der Waals surface area contributed by atoms with Gasteiger partial charge in [-0.15, -0.1) is 0 Å². The number of amides is 1. The summed E-state index contributed by atoms with van der Waals surface area (Å²) in [5.74, 6) is 0.551. The summed E-state index contributed by atoms with van der Waals surface area (Å²) in [6, 6.07) is 0. The van der Waals surface area contributed by atoms with E-state index in [0.29, 0.717) is 5.92 Å². The second-order valence-corrected chi connectivity index (χ2v) is 2.74. The first-order valence-electron chi connectivity index (χ1n) is 3.94. The Bertz CT molecular complexity index is 130. The van der Waals surface area contributed by atoms with Gasteiger partial charge in [-0.25, -0.2) is 4.79 Å². The van der Waals surface area contributed by atoms with Gasteiger partial charge in [-0.05, 0) is 0 Å². The maximum atomic E-state index is 11.3. The van der Waals surface area contributed by atoms with Gasteiger partial charge < -0.3 is 10.2 Å². The molecule has 1 amide bonds. The van der Waals surface area contributed by atoms with E-state index in [1.165, 1.54) is 4.90 Å². The van der Waals surface area contributed by atoms with Crippen LogP contribution in [0.2, 0.25) is 0 Å². The van der Waals surface area contributed by atoms with E-state index in [0.717, 1.165) is 0 Å². The van der Waals surface area contributed by atoms with E-state index in [1.54, 1.807) is 13.8 Å². The van der Waals surface area contributed by atoms with Crippen LogP contribution in [-0.4, -0.2) is 47.3 Å². The highest BCUT2D eigenvalue weighted by Crippen LogP contribution is 2.02. The molecule has 0 aromatic heterocycles. The molecule has 0 spiro atoms. The molecule has 0 heterocycles. The third-order valence-electron chi connectivity index (χ3n) is 1.45. The van der Waals surface area contributed by atoms with E-state index in [1.807, 2.05) is 0 Å². The van der Waals surface area contributed by atoms with Gasteiger partial charge in [0.25, 0.3) is 0 Å². The Morgan fingerprint density at radius 3 is 1.92 bits per heavy atom. The van der Waals surface area contributed by atoms with Gasteiger partial charge in [-0.1, -0.05) is 0 Å². The first-order chi connectivity index (χ1) is 5.63. The van der Waals surface area contributed by atoms with Crippen molar-refractivity contribution < 1.29 is 15.0 Å². The molecule has 0 unspecified atom stereocenters. The van der Waals surface area contributed by atoms with Gasteiger partial charge in [0.2, 0.25) is 0 Å². The largest absolute Gasteiger partial charge is 0.406 e. The van der Waals surface area contributed by atoms with Crippen molar-refractivity contribution in [1.82, 2.24) is 4.90 Å². The summed E-state index contributed by atoms with van der Waals surface area (Å²) in [7, 11) is 0. The van der Waals surface area contributed by atoms with E-state index in [9.17, 15) is 4.79 Å². The average molecular weight is 174 g/mol. The van der Waals surface area contributed by atoms with Crippen LogP contribution in [0.5, 0.6) is 0 Å². The molecule has 0 fully saturated rings. The van der Waals surface area contributed by atoms with Crippen molar-refractivity contribution in [3.63, 3.8) is 0 Å². The fourth-order valence-electron chi connectivity index (χ4n) is 0.873. The second kappa shape index (κ2) is 5.85. The lowest BCUT2D eigenvalue weighted by molar-refractivity contribution is -0.130. The first kappa shape index (κ1) is 11.3. The molecule has 0 saturated heterocycles. The SMILES string of the molecule is C[C+](C)C(=O)N(CCO)CCO. The molecule has 0 aliphatic carbocycles. The summed E-state index contributed by atoms with van der Waals surface area (Å²) in [4.78, 5) is 12.7. The number of hydrogen-bond donors (Lipinski definition) is 2. The summed E-state index contributed by atoms with van der Waals surface area (Å²) < 4.78 is 0. The zero-order valence-corrected chi connectivity index (χ0v) is 7.58. The molecule has 0 aromatic carbocycles. The van der Waals surface area contributed by atoms with Crippen molar-refractivity contribution in [2.75, 3.05) is 26.3 Å². The lowest BCUT2D eigenvalue weighted by Crippen LogP contribution is -2.37. The van der Waals surface area contributed by atoms with E-state index in [-0.39, 0.29) is 32.2 Å². The standard InChI is InChI=1S/C8H16NO3/c1-7(2)8(12)9(3-5-10)4-6-11/h10-11H,3-6H2,1-2H3/q+1. The number of hydrogen-bond acceptors (Lipinski definition) is 3. The summed E-state index contributed by atoms with van der Waals surface area (Å²) in [5, 5.41) is 17.2. The van der Waals surface area contributed by atoms with Crippen LogP contribution in [0.4, 0.5) is 0 Å². The molecular formula is C8H16NO3+. The van der Waals surface area contributed by atoms with E-state index >= 15 is 0 Å². The van der Waals surface area contributed by atoms with Gasteiger partial charge in [0, 0.05) is 13.1 Å². The molecule has 0 rings (SSSR count). The zero-order valence-electron chi connectivity index (χ0n) is 7.58. The Kier molecular flexibility index (Phi) is 5.49. The highest BCUT2D eigenvalue weighted by molar-refractivity contribution is 5.88. The number of rotatable bonds is 5. The summed E-state index contributed by atoms with van der Waals surface area (Å²) in [6.07, 6.45) is 0. The highest BCUT2D eigenvalue weighted by atomic mass is 16.3. The monoisotopic (exact) mass is 174 g/mol. The zero-order chi connectivity index (χ0) is 9.56. The van der Waals surface area contributed by atoms with Crippen LogP contribution >= 0.6 is 0 Å². The van der Waals surface area contributed by atoms with Crippen molar-refractivity contribution >= 4 is 5.91 Å². The number of carbonyl (C=O) groups is 1. The van der Waals surface area contributed by atoms with Crippen molar-refractivity contribution in [1.29, 1.82) is 0 Å². The van der Waals surface area contributed by atoms with Gasteiger partial charge in [-0.2, -0.15) is 0 Å². The Balaban J connectivity index is 3.99. The van der Waals surface area contributed by atoms with Crippen LogP contribution in [-0.2, 0) is 4.79 Å². The fraction of sp³-hybridized carbons (Fsp3) is 0.750. The number of nitrogens with zero attached hydrogens (tertiary/aromatic N) is 1. The van der Waals surface area contributed by atoms with Gasteiger partial charge >= 0.3 is 5.91 Å². The number of aliphatic hydroxyl groups excluding tert-OH is 2. The maximum absolute atomic E-state index is 11.3. The molecule has 0 saturated carbocycles. The predicted octanol–water partition coefficient (Wildman–Crippen LogP) is -0.586. The first-order valence-corrected chi connectivity index (χ1v) is 3.94. The normalized spacial score (nSPS) is 9.67. The molecule has 4 nitrogen and oxygen atoms in total. The molecule has 0 radical (unpaired) electrons.